The highest BCUT2D eigenvalue weighted by atomic mass is 35.5. The molecule has 142 valence electrons. The Kier molecular flexibility index (Phi) is 5.37. The minimum absolute atomic E-state index is 0.0686. The summed E-state index contributed by atoms with van der Waals surface area (Å²) in [6, 6.07) is 14.1. The summed E-state index contributed by atoms with van der Waals surface area (Å²) in [5, 5.41) is 3.89. The van der Waals surface area contributed by atoms with E-state index in [1.807, 2.05) is 31.2 Å². The largest absolute Gasteiger partial charge is 0.368 e. The van der Waals surface area contributed by atoms with Crippen LogP contribution < -0.4 is 10.2 Å². The van der Waals surface area contributed by atoms with Crippen molar-refractivity contribution in [2.24, 2.45) is 0 Å². The number of nitrogens with zero attached hydrogens (tertiary/aromatic N) is 2. The number of carbonyl (C=O) groups is 1. The minimum Gasteiger partial charge on any atom is -0.368 e. The van der Waals surface area contributed by atoms with E-state index in [4.69, 9.17) is 11.6 Å². The van der Waals surface area contributed by atoms with Gasteiger partial charge in [0.25, 0.3) is 0 Å². The topological polar surface area (TPSA) is 35.6 Å². The zero-order chi connectivity index (χ0) is 18.8. The molecule has 0 bridgehead atoms. The Morgan fingerprint density at radius 2 is 1.78 bits per heavy atom. The number of aryl methyl sites for hydroxylation is 2. The van der Waals surface area contributed by atoms with Crippen LogP contribution in [0.4, 0.5) is 11.4 Å². The fourth-order valence-electron chi connectivity index (χ4n) is 4.12. The molecular formula is C22H26ClN3O. The molecule has 4 rings (SSSR count). The van der Waals surface area contributed by atoms with Crippen molar-refractivity contribution in [3.8, 4) is 0 Å². The smallest absolute Gasteiger partial charge is 0.241 e. The van der Waals surface area contributed by atoms with E-state index in [2.05, 4.69) is 33.3 Å². The molecule has 2 aromatic carbocycles. The van der Waals surface area contributed by atoms with Crippen LogP contribution in [-0.4, -0.2) is 43.0 Å². The van der Waals surface area contributed by atoms with Gasteiger partial charge in [0.05, 0.1) is 16.8 Å². The van der Waals surface area contributed by atoms with Gasteiger partial charge in [-0.05, 0) is 61.6 Å². The highest BCUT2D eigenvalue weighted by Gasteiger charge is 2.26. The number of anilines is 2. The molecule has 0 spiro atoms. The third-order valence-corrected chi connectivity index (χ3v) is 6.12. The lowest BCUT2D eigenvalue weighted by Gasteiger charge is -2.38. The van der Waals surface area contributed by atoms with Gasteiger partial charge in [-0.1, -0.05) is 29.8 Å². The zero-order valence-electron chi connectivity index (χ0n) is 15.7. The number of para-hydroxylation sites is 1. The summed E-state index contributed by atoms with van der Waals surface area (Å²) in [7, 11) is 0. The number of rotatable bonds is 4. The second-order valence-corrected chi connectivity index (χ2v) is 7.88. The number of hydrogen-bond donors (Lipinski definition) is 1. The van der Waals surface area contributed by atoms with Crippen molar-refractivity contribution in [3.63, 3.8) is 0 Å². The van der Waals surface area contributed by atoms with Gasteiger partial charge in [0, 0.05) is 31.9 Å². The Bertz CT molecular complexity index is 830. The van der Waals surface area contributed by atoms with E-state index in [1.165, 1.54) is 17.5 Å². The van der Waals surface area contributed by atoms with Gasteiger partial charge in [-0.15, -0.1) is 0 Å². The van der Waals surface area contributed by atoms with Crippen LogP contribution in [0.15, 0.2) is 42.5 Å². The van der Waals surface area contributed by atoms with Crippen LogP contribution in [0.1, 0.15) is 24.5 Å². The quantitative estimate of drug-likeness (QED) is 0.867. The van der Waals surface area contributed by atoms with E-state index in [-0.39, 0.29) is 11.9 Å². The van der Waals surface area contributed by atoms with E-state index >= 15 is 0 Å². The molecule has 1 aliphatic heterocycles. The predicted molar refractivity (Wildman–Crippen MR) is 112 cm³/mol. The van der Waals surface area contributed by atoms with Gasteiger partial charge in [-0.25, -0.2) is 0 Å². The van der Waals surface area contributed by atoms with Crippen molar-refractivity contribution in [3.05, 3.63) is 58.6 Å². The van der Waals surface area contributed by atoms with E-state index in [9.17, 15) is 4.79 Å². The maximum Gasteiger partial charge on any atom is 0.241 e. The molecule has 1 saturated heterocycles. The monoisotopic (exact) mass is 383 g/mol. The SMILES string of the molecule is C[C@H](C(=O)Nc1ccc2c(c1)CCC2)N1CCN(c2ccccc2Cl)CC1. The molecule has 0 radical (unpaired) electrons. The molecule has 2 aromatic rings. The Balaban J connectivity index is 1.34. The molecule has 1 amide bonds. The molecule has 0 aromatic heterocycles. The molecule has 27 heavy (non-hydrogen) atoms. The molecule has 0 saturated carbocycles. The maximum absolute atomic E-state index is 12.7. The predicted octanol–water partition coefficient (Wildman–Crippen LogP) is 3.98. The number of fused-ring (bicyclic) bond motifs is 1. The summed E-state index contributed by atoms with van der Waals surface area (Å²) in [4.78, 5) is 17.3. The van der Waals surface area contributed by atoms with Crippen molar-refractivity contribution in [2.45, 2.75) is 32.2 Å². The fraction of sp³-hybridized carbons (Fsp3) is 0.409. The van der Waals surface area contributed by atoms with Crippen molar-refractivity contribution < 1.29 is 4.79 Å². The van der Waals surface area contributed by atoms with Crippen molar-refractivity contribution >= 4 is 28.9 Å². The van der Waals surface area contributed by atoms with Crippen molar-refractivity contribution in [1.82, 2.24) is 4.90 Å². The molecular weight excluding hydrogens is 358 g/mol. The first-order valence-corrected chi connectivity index (χ1v) is 10.2. The van der Waals surface area contributed by atoms with Gasteiger partial charge < -0.3 is 10.2 Å². The van der Waals surface area contributed by atoms with Crippen molar-refractivity contribution in [1.29, 1.82) is 0 Å². The van der Waals surface area contributed by atoms with Crippen LogP contribution in [0.25, 0.3) is 0 Å². The summed E-state index contributed by atoms with van der Waals surface area (Å²) in [5.41, 5.74) is 4.81. The third-order valence-electron chi connectivity index (χ3n) is 5.80. The molecule has 1 aliphatic carbocycles. The third kappa shape index (κ3) is 3.97. The average molecular weight is 384 g/mol. The zero-order valence-corrected chi connectivity index (χ0v) is 16.5. The number of piperazine rings is 1. The Morgan fingerprint density at radius 3 is 2.56 bits per heavy atom. The summed E-state index contributed by atoms with van der Waals surface area (Å²) in [5.74, 6) is 0.0686. The van der Waals surface area contributed by atoms with Crippen LogP contribution in [0.5, 0.6) is 0 Å². The molecule has 1 N–H and O–H groups in total. The number of carbonyl (C=O) groups excluding carboxylic acids is 1. The Morgan fingerprint density at radius 1 is 1.04 bits per heavy atom. The fourth-order valence-corrected chi connectivity index (χ4v) is 4.38. The normalized spacial score (nSPS) is 18.2. The molecule has 0 unspecified atom stereocenters. The standard InChI is InChI=1S/C22H26ClN3O/c1-16(22(27)24-19-10-9-17-5-4-6-18(17)15-19)25-11-13-26(14-12-25)21-8-3-2-7-20(21)23/h2-3,7-10,15-16H,4-6,11-14H2,1H3,(H,24,27)/t16-/m1/s1. The number of halogens is 1. The lowest BCUT2D eigenvalue weighted by molar-refractivity contribution is -0.120. The number of hydrogen-bond acceptors (Lipinski definition) is 3. The molecule has 1 heterocycles. The average Bonchev–Trinajstić information content (AvgIpc) is 3.16. The molecule has 1 atom stereocenters. The Hall–Kier alpha value is -2.04. The van der Waals surface area contributed by atoms with E-state index in [0.717, 1.165) is 55.4 Å². The van der Waals surface area contributed by atoms with Gasteiger partial charge in [0.1, 0.15) is 0 Å². The van der Waals surface area contributed by atoms with Gasteiger partial charge in [-0.3, -0.25) is 9.69 Å². The van der Waals surface area contributed by atoms with E-state index in [0.29, 0.717) is 0 Å². The lowest BCUT2D eigenvalue weighted by atomic mass is 10.1. The number of amides is 1. The van der Waals surface area contributed by atoms with Crippen LogP contribution in [0.2, 0.25) is 5.02 Å². The molecule has 1 fully saturated rings. The van der Waals surface area contributed by atoms with Crippen LogP contribution in [0, 0.1) is 0 Å². The summed E-state index contributed by atoms with van der Waals surface area (Å²) in [6.07, 6.45) is 3.51. The summed E-state index contributed by atoms with van der Waals surface area (Å²) >= 11 is 6.32. The van der Waals surface area contributed by atoms with Gasteiger partial charge in [0.15, 0.2) is 0 Å². The first-order valence-electron chi connectivity index (χ1n) is 9.78. The Labute approximate surface area is 166 Å². The minimum atomic E-state index is -0.147. The molecule has 5 heteroatoms. The highest BCUT2D eigenvalue weighted by Crippen LogP contribution is 2.27. The van der Waals surface area contributed by atoms with Gasteiger partial charge in [0.2, 0.25) is 5.91 Å². The van der Waals surface area contributed by atoms with Crippen LogP contribution in [-0.2, 0) is 17.6 Å². The molecule has 4 nitrogen and oxygen atoms in total. The highest BCUT2D eigenvalue weighted by molar-refractivity contribution is 6.33. The van der Waals surface area contributed by atoms with Crippen LogP contribution >= 0.6 is 11.6 Å². The number of nitrogens with one attached hydrogen (secondary N) is 1. The van der Waals surface area contributed by atoms with Crippen molar-refractivity contribution in [2.75, 3.05) is 36.4 Å². The van der Waals surface area contributed by atoms with E-state index in [1.54, 1.807) is 0 Å². The van der Waals surface area contributed by atoms with Crippen LogP contribution in [0.3, 0.4) is 0 Å². The second kappa shape index (κ2) is 7.91. The summed E-state index contributed by atoms with van der Waals surface area (Å²) < 4.78 is 0. The number of benzene rings is 2. The van der Waals surface area contributed by atoms with Gasteiger partial charge >= 0.3 is 0 Å². The van der Waals surface area contributed by atoms with Gasteiger partial charge in [-0.2, -0.15) is 0 Å². The second-order valence-electron chi connectivity index (χ2n) is 7.48. The lowest BCUT2D eigenvalue weighted by Crippen LogP contribution is -2.52. The summed E-state index contributed by atoms with van der Waals surface area (Å²) in [6.45, 7) is 5.45. The first-order chi connectivity index (χ1) is 13.1. The maximum atomic E-state index is 12.7. The van der Waals surface area contributed by atoms with E-state index < -0.39 is 0 Å². The first kappa shape index (κ1) is 18.3. The molecule has 2 aliphatic rings.